The normalized spacial score (nSPS) is 14.1. The fourth-order valence-corrected chi connectivity index (χ4v) is 6.59. The van der Waals surface area contributed by atoms with Gasteiger partial charge in [0.25, 0.3) is 11.8 Å². The van der Waals surface area contributed by atoms with E-state index in [4.69, 9.17) is 9.26 Å². The molecule has 1 N–H and O–H groups in total. The highest BCUT2D eigenvalue weighted by Gasteiger charge is 2.31. The van der Waals surface area contributed by atoms with Gasteiger partial charge in [-0.3, -0.25) is 14.9 Å². The molecule has 11 heteroatoms. The summed E-state index contributed by atoms with van der Waals surface area (Å²) in [5, 5.41) is 10.2. The number of aromatic nitrogens is 3. The Kier molecular flexibility index (Phi) is 6.84. The van der Waals surface area contributed by atoms with Gasteiger partial charge in [0, 0.05) is 30.0 Å². The highest BCUT2D eigenvalue weighted by Crippen LogP contribution is 2.34. The van der Waals surface area contributed by atoms with Crippen LogP contribution in [0, 0.1) is 6.92 Å². The number of piperidine rings is 1. The SMILES string of the molecule is COc1ccc2nc(NC(=O)c3csc(C4CCN(C(=O)c5c(-c6ccccc6)noc5C)CC4)n3)sc2c1. The molecule has 0 saturated carbocycles. The predicted molar refractivity (Wildman–Crippen MR) is 151 cm³/mol. The number of nitrogens with one attached hydrogen (secondary N) is 1. The molecular weight excluding hydrogens is 534 g/mol. The zero-order chi connectivity index (χ0) is 26.9. The lowest BCUT2D eigenvalue weighted by atomic mass is 9.96. The van der Waals surface area contributed by atoms with E-state index in [2.05, 4.69) is 20.4 Å². The maximum Gasteiger partial charge on any atom is 0.276 e. The number of fused-ring (bicyclic) bond motifs is 1. The Morgan fingerprint density at radius 3 is 2.67 bits per heavy atom. The van der Waals surface area contributed by atoms with Crippen molar-refractivity contribution in [2.75, 3.05) is 25.5 Å². The molecule has 9 nitrogen and oxygen atoms in total. The van der Waals surface area contributed by atoms with Crippen LogP contribution in [0.1, 0.15) is 50.4 Å². The Morgan fingerprint density at radius 2 is 1.90 bits per heavy atom. The summed E-state index contributed by atoms with van der Waals surface area (Å²) in [7, 11) is 1.62. The van der Waals surface area contributed by atoms with Crippen LogP contribution < -0.4 is 10.1 Å². The van der Waals surface area contributed by atoms with Gasteiger partial charge >= 0.3 is 0 Å². The first-order chi connectivity index (χ1) is 19.0. The highest BCUT2D eigenvalue weighted by atomic mass is 32.1. The summed E-state index contributed by atoms with van der Waals surface area (Å²) >= 11 is 2.87. The van der Waals surface area contributed by atoms with Crippen LogP contribution >= 0.6 is 22.7 Å². The summed E-state index contributed by atoms with van der Waals surface area (Å²) in [6.07, 6.45) is 1.54. The third kappa shape index (κ3) is 5.02. The van der Waals surface area contributed by atoms with E-state index in [0.29, 0.717) is 40.9 Å². The van der Waals surface area contributed by atoms with Crippen LogP contribution in [0.15, 0.2) is 58.4 Å². The number of carbonyl (C=O) groups is 2. The van der Waals surface area contributed by atoms with Gasteiger partial charge in [0.05, 0.1) is 22.3 Å². The van der Waals surface area contributed by atoms with Gasteiger partial charge in [0.2, 0.25) is 0 Å². The van der Waals surface area contributed by atoms with Crippen LogP contribution in [0.5, 0.6) is 5.75 Å². The van der Waals surface area contributed by atoms with Crippen LogP contribution in [-0.4, -0.2) is 52.0 Å². The number of ether oxygens (including phenoxy) is 1. The molecule has 198 valence electrons. The van der Waals surface area contributed by atoms with E-state index >= 15 is 0 Å². The molecule has 6 rings (SSSR count). The van der Waals surface area contributed by atoms with Crippen LogP contribution in [-0.2, 0) is 0 Å². The van der Waals surface area contributed by atoms with Crippen LogP contribution in [0.2, 0.25) is 0 Å². The molecule has 1 saturated heterocycles. The van der Waals surface area contributed by atoms with Gasteiger partial charge in [-0.05, 0) is 38.0 Å². The molecule has 5 aromatic rings. The highest BCUT2D eigenvalue weighted by molar-refractivity contribution is 7.22. The van der Waals surface area contributed by atoms with Crippen molar-refractivity contribution >= 4 is 49.8 Å². The summed E-state index contributed by atoms with van der Waals surface area (Å²) in [5.41, 5.74) is 3.11. The van der Waals surface area contributed by atoms with Crippen LogP contribution in [0.4, 0.5) is 5.13 Å². The molecule has 4 heterocycles. The Labute approximate surface area is 232 Å². The van der Waals surface area contributed by atoms with Gasteiger partial charge in [0.1, 0.15) is 28.5 Å². The molecule has 0 radical (unpaired) electrons. The lowest BCUT2D eigenvalue weighted by Crippen LogP contribution is -2.38. The van der Waals surface area contributed by atoms with Crippen molar-refractivity contribution in [2.24, 2.45) is 0 Å². The third-order valence-electron chi connectivity index (χ3n) is 6.83. The topological polar surface area (TPSA) is 110 Å². The number of hydrogen-bond donors (Lipinski definition) is 1. The van der Waals surface area contributed by atoms with Crippen LogP contribution in [0.3, 0.4) is 0 Å². The maximum absolute atomic E-state index is 13.4. The van der Waals surface area contributed by atoms with E-state index in [1.54, 1.807) is 19.4 Å². The molecular formula is C28H25N5O4S2. The number of thiazole rings is 2. The summed E-state index contributed by atoms with van der Waals surface area (Å²) in [4.78, 5) is 37.3. The van der Waals surface area contributed by atoms with Gasteiger partial charge in [-0.2, -0.15) is 0 Å². The fourth-order valence-electron chi connectivity index (χ4n) is 4.73. The molecule has 1 fully saturated rings. The Morgan fingerprint density at radius 1 is 1.10 bits per heavy atom. The zero-order valence-corrected chi connectivity index (χ0v) is 23.0. The third-order valence-corrected chi connectivity index (χ3v) is 8.77. The van der Waals surface area contributed by atoms with Gasteiger partial charge in [-0.25, -0.2) is 9.97 Å². The Balaban J connectivity index is 1.10. The lowest BCUT2D eigenvalue weighted by molar-refractivity contribution is 0.0711. The number of hydrogen-bond acceptors (Lipinski definition) is 9. The van der Waals surface area contributed by atoms with Crippen molar-refractivity contribution in [1.29, 1.82) is 0 Å². The lowest BCUT2D eigenvalue weighted by Gasteiger charge is -2.31. The second-order valence-electron chi connectivity index (χ2n) is 9.27. The van der Waals surface area contributed by atoms with E-state index < -0.39 is 0 Å². The molecule has 0 unspecified atom stereocenters. The molecule has 0 bridgehead atoms. The number of likely N-dealkylation sites (tertiary alicyclic amines) is 1. The predicted octanol–water partition coefficient (Wildman–Crippen LogP) is 6.00. The maximum atomic E-state index is 13.4. The first-order valence-electron chi connectivity index (χ1n) is 12.5. The quantitative estimate of drug-likeness (QED) is 0.272. The second kappa shape index (κ2) is 10.6. The van der Waals surface area contributed by atoms with Crippen molar-refractivity contribution in [3.8, 4) is 17.0 Å². The molecule has 3 aromatic heterocycles. The van der Waals surface area contributed by atoms with Crippen molar-refractivity contribution in [2.45, 2.75) is 25.7 Å². The molecule has 0 aliphatic carbocycles. The molecule has 1 aliphatic heterocycles. The zero-order valence-electron chi connectivity index (χ0n) is 21.3. The van der Waals surface area contributed by atoms with Gasteiger partial charge in [-0.15, -0.1) is 11.3 Å². The number of benzene rings is 2. The number of nitrogens with zero attached hydrogens (tertiary/aromatic N) is 4. The first-order valence-corrected chi connectivity index (χ1v) is 14.2. The molecule has 2 aromatic carbocycles. The number of carbonyl (C=O) groups excluding carboxylic acids is 2. The Bertz CT molecular complexity index is 1650. The number of amides is 2. The van der Waals surface area contributed by atoms with E-state index in [1.165, 1.54) is 22.7 Å². The summed E-state index contributed by atoms with van der Waals surface area (Å²) < 4.78 is 11.6. The smallest absolute Gasteiger partial charge is 0.276 e. The molecule has 0 atom stereocenters. The average Bonchev–Trinajstić information content (AvgIpc) is 3.71. The molecule has 2 amide bonds. The van der Waals surface area contributed by atoms with Crippen molar-refractivity contribution in [1.82, 2.24) is 20.0 Å². The number of aryl methyl sites for hydroxylation is 1. The molecule has 39 heavy (non-hydrogen) atoms. The Hall–Kier alpha value is -4.09. The van der Waals surface area contributed by atoms with E-state index in [1.807, 2.05) is 53.4 Å². The summed E-state index contributed by atoms with van der Waals surface area (Å²) in [5.74, 6) is 1.09. The largest absolute Gasteiger partial charge is 0.497 e. The second-order valence-corrected chi connectivity index (χ2v) is 11.2. The minimum atomic E-state index is -0.285. The van der Waals surface area contributed by atoms with E-state index in [9.17, 15) is 9.59 Å². The summed E-state index contributed by atoms with van der Waals surface area (Å²) in [6.45, 7) is 2.96. The monoisotopic (exact) mass is 559 g/mol. The van der Waals surface area contributed by atoms with E-state index in [-0.39, 0.29) is 17.7 Å². The molecule has 0 spiro atoms. The summed E-state index contributed by atoms with van der Waals surface area (Å²) in [6, 6.07) is 15.2. The number of rotatable bonds is 6. The van der Waals surface area contributed by atoms with Gasteiger partial charge in [-0.1, -0.05) is 46.8 Å². The van der Waals surface area contributed by atoms with Crippen molar-refractivity contribution in [3.05, 3.63) is 75.9 Å². The number of methoxy groups -OCH3 is 1. The number of anilines is 1. The van der Waals surface area contributed by atoms with Crippen LogP contribution in [0.25, 0.3) is 21.5 Å². The minimum Gasteiger partial charge on any atom is -0.497 e. The van der Waals surface area contributed by atoms with Gasteiger partial charge in [0.15, 0.2) is 5.13 Å². The van der Waals surface area contributed by atoms with E-state index in [0.717, 1.165) is 39.4 Å². The fraction of sp³-hybridized carbons (Fsp3) is 0.250. The average molecular weight is 560 g/mol. The molecule has 1 aliphatic rings. The van der Waals surface area contributed by atoms with Gasteiger partial charge < -0.3 is 14.2 Å². The first kappa shape index (κ1) is 25.2. The minimum absolute atomic E-state index is 0.0706. The van der Waals surface area contributed by atoms with Crippen molar-refractivity contribution in [3.63, 3.8) is 0 Å². The van der Waals surface area contributed by atoms with Crippen molar-refractivity contribution < 1.29 is 18.8 Å². The standard InChI is InChI=1S/C28H25N5O4S2/c1-16-23(24(32-37-16)17-6-4-3-5-7-17)27(35)33-12-10-18(11-13-33)26-29-21(15-38-26)25(34)31-28-30-20-9-8-19(36-2)14-22(20)39-28/h3-9,14-15,18H,10-13H2,1-2H3,(H,30,31,34).